The maximum absolute atomic E-state index is 12.7. The van der Waals surface area contributed by atoms with Gasteiger partial charge < -0.3 is 10.1 Å². The van der Waals surface area contributed by atoms with E-state index >= 15 is 0 Å². The molecule has 0 unspecified atom stereocenters. The summed E-state index contributed by atoms with van der Waals surface area (Å²) in [5.41, 5.74) is 0. The SMILES string of the molecule is O=C(NCCCCN1CCOCC1)C1C2CC3CC(C2)CC1C3. The van der Waals surface area contributed by atoms with E-state index in [1.807, 2.05) is 0 Å². The molecule has 4 bridgehead atoms. The van der Waals surface area contributed by atoms with Crippen LogP contribution in [0.15, 0.2) is 0 Å². The highest BCUT2D eigenvalue weighted by Gasteiger charge is 2.50. The van der Waals surface area contributed by atoms with Crippen molar-refractivity contribution in [2.45, 2.75) is 44.9 Å². The van der Waals surface area contributed by atoms with Crippen LogP contribution < -0.4 is 5.32 Å². The van der Waals surface area contributed by atoms with Crippen molar-refractivity contribution in [2.75, 3.05) is 39.4 Å². The topological polar surface area (TPSA) is 41.6 Å². The molecule has 1 aliphatic heterocycles. The fourth-order valence-electron chi connectivity index (χ4n) is 5.97. The van der Waals surface area contributed by atoms with Gasteiger partial charge in [0.25, 0.3) is 0 Å². The molecule has 130 valence electrons. The van der Waals surface area contributed by atoms with Crippen molar-refractivity contribution in [3.05, 3.63) is 0 Å². The Balaban J connectivity index is 1.16. The molecule has 5 aliphatic rings. The van der Waals surface area contributed by atoms with E-state index in [0.717, 1.165) is 57.6 Å². The molecule has 4 heteroatoms. The lowest BCUT2D eigenvalue weighted by Gasteiger charge is -2.53. The summed E-state index contributed by atoms with van der Waals surface area (Å²) in [5, 5.41) is 3.27. The summed E-state index contributed by atoms with van der Waals surface area (Å²) in [7, 11) is 0. The number of hydrogen-bond donors (Lipinski definition) is 1. The van der Waals surface area contributed by atoms with Crippen molar-refractivity contribution in [1.82, 2.24) is 10.2 Å². The van der Waals surface area contributed by atoms with Crippen molar-refractivity contribution >= 4 is 5.91 Å². The summed E-state index contributed by atoms with van der Waals surface area (Å²) < 4.78 is 5.37. The van der Waals surface area contributed by atoms with Crippen LogP contribution in [0.1, 0.15) is 44.9 Å². The molecule has 0 atom stereocenters. The average molecular weight is 320 g/mol. The normalized spacial score (nSPS) is 39.6. The zero-order valence-corrected chi connectivity index (χ0v) is 14.3. The number of nitrogens with one attached hydrogen (secondary N) is 1. The highest BCUT2D eigenvalue weighted by Crippen LogP contribution is 2.56. The molecule has 4 saturated carbocycles. The van der Waals surface area contributed by atoms with E-state index in [1.165, 1.54) is 38.5 Å². The molecule has 1 saturated heterocycles. The number of amides is 1. The van der Waals surface area contributed by atoms with E-state index < -0.39 is 0 Å². The van der Waals surface area contributed by atoms with Crippen LogP contribution in [-0.4, -0.2) is 50.2 Å². The average Bonchev–Trinajstić information content (AvgIpc) is 2.54. The Morgan fingerprint density at radius 3 is 2.26 bits per heavy atom. The van der Waals surface area contributed by atoms with E-state index in [4.69, 9.17) is 4.74 Å². The van der Waals surface area contributed by atoms with E-state index in [9.17, 15) is 4.79 Å². The van der Waals surface area contributed by atoms with Crippen LogP contribution in [0.4, 0.5) is 0 Å². The predicted octanol–water partition coefficient (Wildman–Crippen LogP) is 2.29. The highest BCUT2D eigenvalue weighted by atomic mass is 16.5. The van der Waals surface area contributed by atoms with E-state index in [2.05, 4.69) is 10.2 Å². The number of unbranched alkanes of at least 4 members (excludes halogenated alkanes) is 1. The first-order valence-corrected chi connectivity index (χ1v) is 9.87. The van der Waals surface area contributed by atoms with Crippen molar-refractivity contribution < 1.29 is 9.53 Å². The van der Waals surface area contributed by atoms with Gasteiger partial charge in [0.05, 0.1) is 13.2 Å². The van der Waals surface area contributed by atoms with Crippen LogP contribution in [0.3, 0.4) is 0 Å². The zero-order valence-electron chi connectivity index (χ0n) is 14.3. The number of carbonyl (C=O) groups is 1. The second kappa shape index (κ2) is 7.10. The van der Waals surface area contributed by atoms with Gasteiger partial charge >= 0.3 is 0 Å². The first-order valence-electron chi connectivity index (χ1n) is 9.87. The molecule has 4 aliphatic carbocycles. The molecule has 5 rings (SSSR count). The lowest BCUT2D eigenvalue weighted by molar-refractivity contribution is -0.138. The lowest BCUT2D eigenvalue weighted by atomic mass is 9.51. The Hall–Kier alpha value is -0.610. The Labute approximate surface area is 140 Å². The summed E-state index contributed by atoms with van der Waals surface area (Å²) in [6.07, 6.45) is 9.09. The summed E-state index contributed by atoms with van der Waals surface area (Å²) in [6.45, 7) is 5.91. The number of hydrogen-bond acceptors (Lipinski definition) is 3. The third-order valence-corrected chi connectivity index (χ3v) is 6.83. The Kier molecular flexibility index (Phi) is 4.91. The summed E-state index contributed by atoms with van der Waals surface area (Å²) >= 11 is 0. The van der Waals surface area contributed by atoms with Gasteiger partial charge in [0.1, 0.15) is 0 Å². The second-order valence-electron chi connectivity index (χ2n) is 8.41. The molecule has 0 aromatic heterocycles. The second-order valence-corrected chi connectivity index (χ2v) is 8.41. The molecule has 1 amide bonds. The maximum atomic E-state index is 12.7. The number of nitrogens with zero attached hydrogens (tertiary/aromatic N) is 1. The number of ether oxygens (including phenoxy) is 1. The minimum Gasteiger partial charge on any atom is -0.379 e. The van der Waals surface area contributed by atoms with Crippen LogP contribution in [0.5, 0.6) is 0 Å². The molecule has 4 nitrogen and oxygen atoms in total. The molecular formula is C19H32N2O2. The van der Waals surface area contributed by atoms with Gasteiger partial charge in [-0.2, -0.15) is 0 Å². The molecule has 1 N–H and O–H groups in total. The number of rotatable bonds is 6. The van der Waals surface area contributed by atoms with Gasteiger partial charge in [0, 0.05) is 25.6 Å². The van der Waals surface area contributed by atoms with Crippen LogP contribution >= 0.6 is 0 Å². The quantitative estimate of drug-likeness (QED) is 0.764. The smallest absolute Gasteiger partial charge is 0.223 e. The third-order valence-electron chi connectivity index (χ3n) is 6.83. The molecule has 1 heterocycles. The van der Waals surface area contributed by atoms with Gasteiger partial charge in [0.15, 0.2) is 0 Å². The van der Waals surface area contributed by atoms with Crippen LogP contribution in [0.2, 0.25) is 0 Å². The molecular weight excluding hydrogens is 288 g/mol. The molecule has 0 aromatic carbocycles. The standard InChI is InChI=1S/C19H32N2O2/c22-19(20-3-1-2-4-21-5-7-23-8-6-21)18-16-10-14-9-15(12-16)13-17(18)11-14/h14-18H,1-13H2,(H,20,22). The maximum Gasteiger partial charge on any atom is 0.223 e. The zero-order chi connectivity index (χ0) is 15.6. The van der Waals surface area contributed by atoms with Crippen molar-refractivity contribution in [1.29, 1.82) is 0 Å². The highest BCUT2D eigenvalue weighted by molar-refractivity contribution is 5.79. The van der Waals surface area contributed by atoms with Crippen molar-refractivity contribution in [2.24, 2.45) is 29.6 Å². The van der Waals surface area contributed by atoms with Gasteiger partial charge in [-0.3, -0.25) is 9.69 Å². The molecule has 5 fully saturated rings. The first-order chi connectivity index (χ1) is 11.3. The predicted molar refractivity (Wildman–Crippen MR) is 90.0 cm³/mol. The van der Waals surface area contributed by atoms with Gasteiger partial charge in [-0.25, -0.2) is 0 Å². The first kappa shape index (κ1) is 15.9. The fourth-order valence-corrected chi connectivity index (χ4v) is 5.97. The minimum absolute atomic E-state index is 0.349. The summed E-state index contributed by atoms with van der Waals surface area (Å²) in [4.78, 5) is 15.1. The number of carbonyl (C=O) groups excluding carboxylic acids is 1. The van der Waals surface area contributed by atoms with Crippen LogP contribution in [0.25, 0.3) is 0 Å². The van der Waals surface area contributed by atoms with Crippen LogP contribution in [-0.2, 0) is 9.53 Å². The lowest BCUT2D eigenvalue weighted by Crippen LogP contribution is -2.51. The van der Waals surface area contributed by atoms with Crippen LogP contribution in [0, 0.1) is 29.6 Å². The Morgan fingerprint density at radius 2 is 1.61 bits per heavy atom. The van der Waals surface area contributed by atoms with E-state index in [1.54, 1.807) is 0 Å². The van der Waals surface area contributed by atoms with Gasteiger partial charge in [-0.1, -0.05) is 0 Å². The van der Waals surface area contributed by atoms with Gasteiger partial charge in [-0.15, -0.1) is 0 Å². The Bertz CT molecular complexity index is 392. The largest absolute Gasteiger partial charge is 0.379 e. The summed E-state index contributed by atoms with van der Waals surface area (Å²) in [5.74, 6) is 4.05. The molecule has 23 heavy (non-hydrogen) atoms. The van der Waals surface area contributed by atoms with Gasteiger partial charge in [-0.05, 0) is 75.2 Å². The summed E-state index contributed by atoms with van der Waals surface area (Å²) in [6, 6.07) is 0. The molecule has 0 aromatic rings. The molecule has 0 radical (unpaired) electrons. The van der Waals surface area contributed by atoms with Crippen molar-refractivity contribution in [3.63, 3.8) is 0 Å². The van der Waals surface area contributed by atoms with E-state index in [0.29, 0.717) is 23.7 Å². The monoisotopic (exact) mass is 320 g/mol. The van der Waals surface area contributed by atoms with Crippen molar-refractivity contribution in [3.8, 4) is 0 Å². The molecule has 0 spiro atoms. The fraction of sp³-hybridized carbons (Fsp3) is 0.947. The number of morpholine rings is 1. The third kappa shape index (κ3) is 3.58. The minimum atomic E-state index is 0.349. The Morgan fingerprint density at radius 1 is 0.957 bits per heavy atom. The van der Waals surface area contributed by atoms with E-state index in [-0.39, 0.29) is 0 Å². The van der Waals surface area contributed by atoms with Gasteiger partial charge in [0.2, 0.25) is 5.91 Å².